The molecule has 0 amide bonds. The lowest BCUT2D eigenvalue weighted by Gasteiger charge is -2.13. The molecule has 1 atom stereocenters. The SMILES string of the molecule is COc1ccc(CC(N)c2ccc(F)c(Br)c2)cc1. The predicted molar refractivity (Wildman–Crippen MR) is 77.7 cm³/mol. The third kappa shape index (κ3) is 3.55. The van der Waals surface area contributed by atoms with E-state index in [9.17, 15) is 4.39 Å². The number of halogens is 2. The molecule has 2 N–H and O–H groups in total. The Morgan fingerprint density at radius 2 is 1.89 bits per heavy atom. The largest absolute Gasteiger partial charge is 0.497 e. The first kappa shape index (κ1) is 14.0. The highest BCUT2D eigenvalue weighted by molar-refractivity contribution is 9.10. The standard InChI is InChI=1S/C15H15BrFNO/c1-19-12-5-2-10(3-6-12)8-15(18)11-4-7-14(17)13(16)9-11/h2-7,9,15H,8,18H2,1H3. The zero-order chi connectivity index (χ0) is 13.8. The van der Waals surface area contributed by atoms with Gasteiger partial charge < -0.3 is 10.5 Å². The molecule has 0 radical (unpaired) electrons. The molecular weight excluding hydrogens is 309 g/mol. The number of hydrogen-bond donors (Lipinski definition) is 1. The van der Waals surface area contributed by atoms with Crippen LogP contribution in [0.15, 0.2) is 46.9 Å². The molecule has 19 heavy (non-hydrogen) atoms. The Labute approximate surface area is 120 Å². The average molecular weight is 324 g/mol. The van der Waals surface area contributed by atoms with Crippen LogP contribution in [0.2, 0.25) is 0 Å². The smallest absolute Gasteiger partial charge is 0.137 e. The summed E-state index contributed by atoms with van der Waals surface area (Å²) in [5.41, 5.74) is 8.17. The number of ether oxygens (including phenoxy) is 1. The molecule has 100 valence electrons. The van der Waals surface area contributed by atoms with Gasteiger partial charge in [-0.3, -0.25) is 0 Å². The number of rotatable bonds is 4. The third-order valence-corrected chi connectivity index (χ3v) is 3.59. The Morgan fingerprint density at radius 1 is 1.21 bits per heavy atom. The lowest BCUT2D eigenvalue weighted by molar-refractivity contribution is 0.414. The third-order valence-electron chi connectivity index (χ3n) is 2.99. The maximum absolute atomic E-state index is 13.2. The molecule has 0 bridgehead atoms. The van der Waals surface area contributed by atoms with Gasteiger partial charge in [0, 0.05) is 6.04 Å². The van der Waals surface area contributed by atoms with Crippen molar-refractivity contribution in [3.05, 3.63) is 63.9 Å². The van der Waals surface area contributed by atoms with Crippen molar-refractivity contribution in [3.8, 4) is 5.75 Å². The van der Waals surface area contributed by atoms with Crippen molar-refractivity contribution in [2.24, 2.45) is 5.73 Å². The molecule has 0 aliphatic heterocycles. The molecular formula is C15H15BrFNO. The Bertz CT molecular complexity index is 557. The lowest BCUT2D eigenvalue weighted by Crippen LogP contribution is -2.13. The summed E-state index contributed by atoms with van der Waals surface area (Å²) < 4.78 is 18.7. The van der Waals surface area contributed by atoms with E-state index in [0.717, 1.165) is 16.9 Å². The average Bonchev–Trinajstić information content (AvgIpc) is 2.42. The fraction of sp³-hybridized carbons (Fsp3) is 0.200. The van der Waals surface area contributed by atoms with Gasteiger partial charge in [0.05, 0.1) is 11.6 Å². The van der Waals surface area contributed by atoms with Crippen molar-refractivity contribution in [1.82, 2.24) is 0 Å². The van der Waals surface area contributed by atoms with Crippen LogP contribution >= 0.6 is 15.9 Å². The summed E-state index contributed by atoms with van der Waals surface area (Å²) in [6, 6.07) is 12.5. The summed E-state index contributed by atoms with van der Waals surface area (Å²) in [7, 11) is 1.64. The van der Waals surface area contributed by atoms with E-state index in [1.165, 1.54) is 6.07 Å². The fourth-order valence-corrected chi connectivity index (χ4v) is 2.27. The molecule has 0 saturated heterocycles. The first-order chi connectivity index (χ1) is 9.10. The summed E-state index contributed by atoms with van der Waals surface area (Å²) in [4.78, 5) is 0. The van der Waals surface area contributed by atoms with Crippen molar-refractivity contribution in [2.45, 2.75) is 12.5 Å². The molecule has 0 spiro atoms. The van der Waals surface area contributed by atoms with Crippen molar-refractivity contribution < 1.29 is 9.13 Å². The van der Waals surface area contributed by atoms with Gasteiger partial charge in [-0.15, -0.1) is 0 Å². The van der Waals surface area contributed by atoms with Gasteiger partial charge in [-0.25, -0.2) is 4.39 Å². The van der Waals surface area contributed by atoms with Crippen molar-refractivity contribution >= 4 is 15.9 Å². The quantitative estimate of drug-likeness (QED) is 0.927. The van der Waals surface area contributed by atoms with Crippen LogP contribution in [0, 0.1) is 5.82 Å². The Morgan fingerprint density at radius 3 is 2.47 bits per heavy atom. The van der Waals surface area contributed by atoms with Crippen LogP contribution < -0.4 is 10.5 Å². The van der Waals surface area contributed by atoms with E-state index in [4.69, 9.17) is 10.5 Å². The summed E-state index contributed by atoms with van der Waals surface area (Å²) in [5.74, 6) is 0.544. The highest BCUT2D eigenvalue weighted by atomic mass is 79.9. The fourth-order valence-electron chi connectivity index (χ4n) is 1.88. The lowest BCUT2D eigenvalue weighted by atomic mass is 10.00. The van der Waals surface area contributed by atoms with E-state index in [2.05, 4.69) is 15.9 Å². The van der Waals surface area contributed by atoms with Crippen LogP contribution in [0.25, 0.3) is 0 Å². The first-order valence-corrected chi connectivity index (χ1v) is 6.73. The number of methoxy groups -OCH3 is 1. The minimum atomic E-state index is -0.277. The monoisotopic (exact) mass is 323 g/mol. The summed E-state index contributed by atoms with van der Waals surface area (Å²) in [6.07, 6.45) is 0.696. The Kier molecular flexibility index (Phi) is 4.56. The number of hydrogen-bond acceptors (Lipinski definition) is 2. The van der Waals surface area contributed by atoms with E-state index in [1.807, 2.05) is 24.3 Å². The molecule has 2 aromatic rings. The van der Waals surface area contributed by atoms with Gasteiger partial charge in [0.25, 0.3) is 0 Å². The molecule has 1 unspecified atom stereocenters. The molecule has 0 aliphatic rings. The molecule has 4 heteroatoms. The van der Waals surface area contributed by atoms with E-state index in [1.54, 1.807) is 19.2 Å². The van der Waals surface area contributed by atoms with Gasteiger partial charge in [-0.1, -0.05) is 18.2 Å². The highest BCUT2D eigenvalue weighted by Gasteiger charge is 2.09. The second kappa shape index (κ2) is 6.17. The highest BCUT2D eigenvalue weighted by Crippen LogP contribution is 2.23. The Hall–Kier alpha value is -1.39. The van der Waals surface area contributed by atoms with Gasteiger partial charge in [0.2, 0.25) is 0 Å². The maximum Gasteiger partial charge on any atom is 0.137 e. The van der Waals surface area contributed by atoms with Crippen LogP contribution in [0.4, 0.5) is 4.39 Å². The van der Waals surface area contributed by atoms with Crippen LogP contribution in [0.1, 0.15) is 17.2 Å². The second-order valence-corrected chi connectivity index (χ2v) is 5.19. The van der Waals surface area contributed by atoms with Crippen molar-refractivity contribution in [3.63, 3.8) is 0 Å². The first-order valence-electron chi connectivity index (χ1n) is 5.93. The van der Waals surface area contributed by atoms with Gasteiger partial charge in [0.1, 0.15) is 11.6 Å². The molecule has 0 fully saturated rings. The summed E-state index contributed by atoms with van der Waals surface area (Å²) in [5, 5.41) is 0. The van der Waals surface area contributed by atoms with Gasteiger partial charge in [-0.2, -0.15) is 0 Å². The normalized spacial score (nSPS) is 12.2. The van der Waals surface area contributed by atoms with Crippen LogP contribution in [0.3, 0.4) is 0 Å². The van der Waals surface area contributed by atoms with Crippen LogP contribution in [0.5, 0.6) is 5.75 Å². The van der Waals surface area contributed by atoms with Crippen LogP contribution in [-0.4, -0.2) is 7.11 Å². The van der Waals surface area contributed by atoms with Crippen LogP contribution in [-0.2, 0) is 6.42 Å². The number of nitrogens with two attached hydrogens (primary N) is 1. The predicted octanol–water partition coefficient (Wildman–Crippen LogP) is 3.84. The molecule has 2 aromatic carbocycles. The zero-order valence-electron chi connectivity index (χ0n) is 10.6. The minimum absolute atomic E-state index is 0.162. The van der Waals surface area contributed by atoms with Crippen molar-refractivity contribution in [2.75, 3.05) is 7.11 Å². The maximum atomic E-state index is 13.2. The second-order valence-electron chi connectivity index (χ2n) is 4.33. The van der Waals surface area contributed by atoms with E-state index < -0.39 is 0 Å². The summed E-state index contributed by atoms with van der Waals surface area (Å²) >= 11 is 3.17. The topological polar surface area (TPSA) is 35.2 Å². The molecule has 0 saturated carbocycles. The Balaban J connectivity index is 2.10. The molecule has 2 rings (SSSR count). The van der Waals surface area contributed by atoms with Gasteiger partial charge in [-0.05, 0) is 57.7 Å². The number of benzene rings is 2. The van der Waals surface area contributed by atoms with E-state index >= 15 is 0 Å². The van der Waals surface area contributed by atoms with E-state index in [-0.39, 0.29) is 11.9 Å². The van der Waals surface area contributed by atoms with E-state index in [0.29, 0.717) is 10.9 Å². The van der Waals surface area contributed by atoms with Gasteiger partial charge >= 0.3 is 0 Å². The summed E-state index contributed by atoms with van der Waals surface area (Å²) in [6.45, 7) is 0. The molecule has 0 aromatic heterocycles. The van der Waals surface area contributed by atoms with Crippen molar-refractivity contribution in [1.29, 1.82) is 0 Å². The molecule has 2 nitrogen and oxygen atoms in total. The van der Waals surface area contributed by atoms with Gasteiger partial charge in [0.15, 0.2) is 0 Å². The minimum Gasteiger partial charge on any atom is -0.497 e. The molecule has 0 heterocycles. The zero-order valence-corrected chi connectivity index (χ0v) is 12.2. The molecule has 0 aliphatic carbocycles.